The molecule has 1 aliphatic heterocycles. The van der Waals surface area contributed by atoms with Crippen LogP contribution in [0, 0.1) is 12.8 Å². The van der Waals surface area contributed by atoms with Crippen LogP contribution in [0.25, 0.3) is 0 Å². The normalized spacial score (nSPS) is 21.3. The molecule has 0 aliphatic carbocycles. The molecule has 1 atom stereocenters. The third kappa shape index (κ3) is 3.00. The second kappa shape index (κ2) is 5.95. The molecule has 0 spiro atoms. The van der Waals surface area contributed by atoms with Crippen molar-refractivity contribution >= 4 is 11.5 Å². The van der Waals surface area contributed by atoms with Gasteiger partial charge < -0.3 is 15.8 Å². The Bertz CT molecular complexity index is 470. The van der Waals surface area contributed by atoms with Crippen LogP contribution in [0.5, 0.6) is 0 Å². The fourth-order valence-corrected chi connectivity index (χ4v) is 2.83. The topological polar surface area (TPSA) is 61.9 Å². The summed E-state index contributed by atoms with van der Waals surface area (Å²) in [7, 11) is 0. The third-order valence-corrected chi connectivity index (χ3v) is 3.95. The van der Waals surface area contributed by atoms with Gasteiger partial charge in [-0.2, -0.15) is 0 Å². The monoisotopic (exact) mass is 261 g/mol. The molecule has 1 aromatic rings. The maximum Gasteiger partial charge on any atom is 0.172 e. The maximum atomic E-state index is 8.94. The van der Waals surface area contributed by atoms with E-state index in [9.17, 15) is 0 Å². The summed E-state index contributed by atoms with van der Waals surface area (Å²) in [5.41, 5.74) is 8.94. The van der Waals surface area contributed by atoms with Crippen molar-refractivity contribution in [2.75, 3.05) is 18.0 Å². The molecule has 3 N–H and O–H groups in total. The van der Waals surface area contributed by atoms with E-state index in [1.165, 1.54) is 24.8 Å². The number of nitrogens with two attached hydrogens (primary N) is 1. The molecule has 0 radical (unpaired) electrons. The predicted molar refractivity (Wildman–Crippen MR) is 78.9 cm³/mol. The zero-order chi connectivity index (χ0) is 13.8. The molecule has 0 aromatic heterocycles. The Morgan fingerprint density at radius 2 is 2.16 bits per heavy atom. The zero-order valence-corrected chi connectivity index (χ0v) is 11.8. The summed E-state index contributed by atoms with van der Waals surface area (Å²) in [6.45, 7) is 6.47. The van der Waals surface area contributed by atoms with E-state index >= 15 is 0 Å². The van der Waals surface area contributed by atoms with Gasteiger partial charge in [0.15, 0.2) is 5.84 Å². The van der Waals surface area contributed by atoms with Gasteiger partial charge in [-0.3, -0.25) is 0 Å². The van der Waals surface area contributed by atoms with Crippen molar-refractivity contribution in [1.82, 2.24) is 0 Å². The van der Waals surface area contributed by atoms with Crippen LogP contribution in [-0.2, 0) is 0 Å². The molecule has 19 heavy (non-hydrogen) atoms. The van der Waals surface area contributed by atoms with E-state index in [1.54, 1.807) is 0 Å². The van der Waals surface area contributed by atoms with E-state index < -0.39 is 0 Å². The lowest BCUT2D eigenvalue weighted by Gasteiger charge is -2.27. The summed E-state index contributed by atoms with van der Waals surface area (Å²) in [6.07, 6.45) is 3.68. The van der Waals surface area contributed by atoms with Crippen LogP contribution >= 0.6 is 0 Å². The molecule has 0 saturated carbocycles. The number of hydrogen-bond donors (Lipinski definition) is 2. The molecule has 2 rings (SSSR count). The summed E-state index contributed by atoms with van der Waals surface area (Å²) in [4.78, 5) is 2.38. The minimum absolute atomic E-state index is 0.191. The molecular formula is C15H23N3O. The lowest BCUT2D eigenvalue weighted by atomic mass is 10.0. The van der Waals surface area contributed by atoms with E-state index in [0.29, 0.717) is 0 Å². The first kappa shape index (κ1) is 13.7. The van der Waals surface area contributed by atoms with Crippen molar-refractivity contribution < 1.29 is 5.21 Å². The molecule has 1 aromatic carbocycles. The maximum absolute atomic E-state index is 8.94. The summed E-state index contributed by atoms with van der Waals surface area (Å²) < 4.78 is 0. The van der Waals surface area contributed by atoms with Gasteiger partial charge in [-0.25, -0.2) is 0 Å². The summed E-state index contributed by atoms with van der Waals surface area (Å²) >= 11 is 0. The number of amidine groups is 1. The number of oxime groups is 1. The second-order valence-electron chi connectivity index (χ2n) is 5.48. The Balaban J connectivity index is 2.37. The van der Waals surface area contributed by atoms with Crippen molar-refractivity contribution in [2.24, 2.45) is 16.8 Å². The van der Waals surface area contributed by atoms with Gasteiger partial charge in [0.05, 0.1) is 5.69 Å². The molecule has 0 amide bonds. The predicted octanol–water partition coefficient (Wildman–Crippen LogP) is 2.72. The average Bonchev–Trinajstić information content (AvgIpc) is 2.62. The summed E-state index contributed by atoms with van der Waals surface area (Å²) in [6, 6.07) is 5.95. The highest BCUT2D eigenvalue weighted by Crippen LogP contribution is 2.28. The smallest absolute Gasteiger partial charge is 0.172 e. The second-order valence-corrected chi connectivity index (χ2v) is 5.48. The minimum Gasteiger partial charge on any atom is -0.409 e. The van der Waals surface area contributed by atoms with E-state index in [0.717, 1.165) is 30.3 Å². The van der Waals surface area contributed by atoms with E-state index in [2.05, 4.69) is 30.0 Å². The molecule has 1 heterocycles. The average molecular weight is 261 g/mol. The number of para-hydroxylation sites is 1. The van der Waals surface area contributed by atoms with Crippen LogP contribution in [0.3, 0.4) is 0 Å². The van der Waals surface area contributed by atoms with Gasteiger partial charge in [0, 0.05) is 18.7 Å². The Hall–Kier alpha value is -1.71. The SMILES string of the molecule is Cc1cccc(/C(N)=N/O)c1N1CCCC(C)CC1. The molecule has 1 fully saturated rings. The number of benzene rings is 1. The van der Waals surface area contributed by atoms with Crippen molar-refractivity contribution in [3.63, 3.8) is 0 Å². The number of aryl methyl sites for hydroxylation is 1. The molecule has 0 bridgehead atoms. The number of hydrogen-bond acceptors (Lipinski definition) is 3. The molecule has 1 aliphatic rings. The lowest BCUT2D eigenvalue weighted by Crippen LogP contribution is -2.28. The van der Waals surface area contributed by atoms with Gasteiger partial charge in [-0.05, 0) is 43.7 Å². The largest absolute Gasteiger partial charge is 0.409 e. The van der Waals surface area contributed by atoms with Gasteiger partial charge in [-0.15, -0.1) is 0 Å². The number of rotatable bonds is 2. The molecule has 4 nitrogen and oxygen atoms in total. The van der Waals surface area contributed by atoms with Crippen LogP contribution in [0.4, 0.5) is 5.69 Å². The van der Waals surface area contributed by atoms with Crippen molar-refractivity contribution in [1.29, 1.82) is 0 Å². The van der Waals surface area contributed by atoms with E-state index in [1.807, 2.05) is 12.1 Å². The third-order valence-electron chi connectivity index (χ3n) is 3.95. The first-order valence-electron chi connectivity index (χ1n) is 6.96. The Kier molecular flexibility index (Phi) is 4.30. The van der Waals surface area contributed by atoms with Crippen molar-refractivity contribution in [3.05, 3.63) is 29.3 Å². The summed E-state index contributed by atoms with van der Waals surface area (Å²) in [5, 5.41) is 12.1. The Morgan fingerprint density at radius 1 is 1.37 bits per heavy atom. The van der Waals surface area contributed by atoms with Crippen LogP contribution < -0.4 is 10.6 Å². The summed E-state index contributed by atoms with van der Waals surface area (Å²) in [5.74, 6) is 0.970. The number of nitrogens with zero attached hydrogens (tertiary/aromatic N) is 2. The Morgan fingerprint density at radius 3 is 2.89 bits per heavy atom. The molecule has 1 unspecified atom stereocenters. The van der Waals surface area contributed by atoms with Gasteiger partial charge in [0.25, 0.3) is 0 Å². The first-order valence-corrected chi connectivity index (χ1v) is 6.96. The first-order chi connectivity index (χ1) is 9.13. The van der Waals surface area contributed by atoms with Crippen molar-refractivity contribution in [3.8, 4) is 0 Å². The number of anilines is 1. The van der Waals surface area contributed by atoms with Crippen LogP contribution in [0.15, 0.2) is 23.4 Å². The zero-order valence-electron chi connectivity index (χ0n) is 11.8. The highest BCUT2D eigenvalue weighted by molar-refractivity contribution is 6.02. The van der Waals surface area contributed by atoms with Gasteiger partial charge in [0.1, 0.15) is 0 Å². The van der Waals surface area contributed by atoms with Gasteiger partial charge in [0.2, 0.25) is 0 Å². The molecule has 4 heteroatoms. The molecular weight excluding hydrogens is 238 g/mol. The highest BCUT2D eigenvalue weighted by atomic mass is 16.4. The van der Waals surface area contributed by atoms with E-state index in [4.69, 9.17) is 10.9 Å². The van der Waals surface area contributed by atoms with Gasteiger partial charge in [-0.1, -0.05) is 24.2 Å². The van der Waals surface area contributed by atoms with E-state index in [-0.39, 0.29) is 5.84 Å². The molecule has 104 valence electrons. The fraction of sp³-hybridized carbons (Fsp3) is 0.533. The standard InChI is InChI=1S/C15H23N3O/c1-11-5-4-9-18(10-8-11)14-12(2)6-3-7-13(14)15(16)17-19/h3,6-7,11,19H,4-5,8-10H2,1-2H3,(H2,16,17). The molecule has 1 saturated heterocycles. The lowest BCUT2D eigenvalue weighted by molar-refractivity contribution is 0.318. The quantitative estimate of drug-likeness (QED) is 0.372. The van der Waals surface area contributed by atoms with Crippen molar-refractivity contribution in [2.45, 2.75) is 33.1 Å². The van der Waals surface area contributed by atoms with Crippen LogP contribution in [-0.4, -0.2) is 24.1 Å². The Labute approximate surface area is 114 Å². The van der Waals surface area contributed by atoms with Gasteiger partial charge >= 0.3 is 0 Å². The highest BCUT2D eigenvalue weighted by Gasteiger charge is 2.19. The van der Waals surface area contributed by atoms with Crippen LogP contribution in [0.1, 0.15) is 37.3 Å². The minimum atomic E-state index is 0.191. The fourth-order valence-electron chi connectivity index (χ4n) is 2.83. The van der Waals surface area contributed by atoms with Crippen LogP contribution in [0.2, 0.25) is 0 Å².